The standard InChI is InChI=1S/C14H20N2O/c1-14(2)8-6-11(7-9-14)16-13(17)12-5-3-4-10-15-12/h3-5,10-11H,6-9H2,1-2H3,(H,16,17). The fourth-order valence-corrected chi connectivity index (χ4v) is 2.30. The van der Waals surface area contributed by atoms with Crippen LogP contribution in [-0.4, -0.2) is 16.9 Å². The summed E-state index contributed by atoms with van der Waals surface area (Å²) in [4.78, 5) is 16.0. The Bertz CT molecular complexity index is 376. The number of carbonyl (C=O) groups excluding carboxylic acids is 1. The van der Waals surface area contributed by atoms with Crippen LogP contribution in [0, 0.1) is 5.41 Å². The van der Waals surface area contributed by atoms with Crippen molar-refractivity contribution in [3.8, 4) is 0 Å². The van der Waals surface area contributed by atoms with E-state index < -0.39 is 0 Å². The molecule has 2 rings (SSSR count). The zero-order chi connectivity index (χ0) is 12.3. The van der Waals surface area contributed by atoms with Crippen molar-refractivity contribution in [2.45, 2.75) is 45.6 Å². The minimum atomic E-state index is -0.0460. The van der Waals surface area contributed by atoms with Crippen LogP contribution in [0.25, 0.3) is 0 Å². The van der Waals surface area contributed by atoms with Gasteiger partial charge in [0.1, 0.15) is 5.69 Å². The Morgan fingerprint density at radius 1 is 1.35 bits per heavy atom. The van der Waals surface area contributed by atoms with Crippen LogP contribution in [0.15, 0.2) is 24.4 Å². The van der Waals surface area contributed by atoms with E-state index in [1.54, 1.807) is 12.3 Å². The molecule has 0 unspecified atom stereocenters. The first-order valence-corrected chi connectivity index (χ1v) is 6.29. The lowest BCUT2D eigenvalue weighted by Crippen LogP contribution is -2.39. The van der Waals surface area contributed by atoms with Crippen LogP contribution in [-0.2, 0) is 0 Å². The lowest BCUT2D eigenvalue weighted by Gasteiger charge is -2.34. The second-order valence-electron chi connectivity index (χ2n) is 5.63. The van der Waals surface area contributed by atoms with E-state index in [0.717, 1.165) is 12.8 Å². The maximum Gasteiger partial charge on any atom is 0.270 e. The summed E-state index contributed by atoms with van der Waals surface area (Å²) in [6.45, 7) is 4.59. The van der Waals surface area contributed by atoms with Gasteiger partial charge in [-0.1, -0.05) is 19.9 Å². The SMILES string of the molecule is CC1(C)CCC(NC(=O)c2ccccn2)CC1. The van der Waals surface area contributed by atoms with Crippen molar-refractivity contribution in [3.05, 3.63) is 30.1 Å². The van der Waals surface area contributed by atoms with Gasteiger partial charge in [0.25, 0.3) is 5.91 Å². The van der Waals surface area contributed by atoms with Crippen LogP contribution in [0.3, 0.4) is 0 Å². The summed E-state index contributed by atoms with van der Waals surface area (Å²) in [6, 6.07) is 5.73. The summed E-state index contributed by atoms with van der Waals surface area (Å²) < 4.78 is 0. The lowest BCUT2D eigenvalue weighted by molar-refractivity contribution is 0.0904. The molecule has 0 aromatic carbocycles. The summed E-state index contributed by atoms with van der Waals surface area (Å²) in [5, 5.41) is 3.07. The number of nitrogens with zero attached hydrogens (tertiary/aromatic N) is 1. The average molecular weight is 232 g/mol. The summed E-state index contributed by atoms with van der Waals surface area (Å²) in [7, 11) is 0. The Morgan fingerprint density at radius 2 is 2.06 bits per heavy atom. The van der Waals surface area contributed by atoms with Crippen molar-refractivity contribution in [2.24, 2.45) is 5.41 Å². The molecule has 1 aromatic heterocycles. The molecule has 3 heteroatoms. The highest BCUT2D eigenvalue weighted by molar-refractivity contribution is 5.92. The molecule has 0 spiro atoms. The Hall–Kier alpha value is -1.38. The quantitative estimate of drug-likeness (QED) is 0.852. The van der Waals surface area contributed by atoms with Crippen molar-refractivity contribution < 1.29 is 4.79 Å². The van der Waals surface area contributed by atoms with E-state index in [4.69, 9.17) is 0 Å². The van der Waals surface area contributed by atoms with Crippen LogP contribution in [0.4, 0.5) is 0 Å². The molecular weight excluding hydrogens is 212 g/mol. The Kier molecular flexibility index (Phi) is 3.46. The fraction of sp³-hybridized carbons (Fsp3) is 0.571. The van der Waals surface area contributed by atoms with Gasteiger partial charge in [-0.25, -0.2) is 0 Å². The van der Waals surface area contributed by atoms with Gasteiger partial charge >= 0.3 is 0 Å². The first-order chi connectivity index (χ1) is 8.07. The molecule has 92 valence electrons. The van der Waals surface area contributed by atoms with Crippen molar-refractivity contribution in [3.63, 3.8) is 0 Å². The van der Waals surface area contributed by atoms with Crippen molar-refractivity contribution in [1.29, 1.82) is 0 Å². The van der Waals surface area contributed by atoms with E-state index in [9.17, 15) is 4.79 Å². The minimum Gasteiger partial charge on any atom is -0.348 e. The smallest absolute Gasteiger partial charge is 0.270 e. The minimum absolute atomic E-state index is 0.0460. The molecule has 1 fully saturated rings. The average Bonchev–Trinajstić information content (AvgIpc) is 2.33. The van der Waals surface area contributed by atoms with E-state index in [1.807, 2.05) is 12.1 Å². The summed E-state index contributed by atoms with van der Waals surface area (Å²) in [6.07, 6.45) is 6.16. The molecule has 1 heterocycles. The molecule has 0 radical (unpaired) electrons. The van der Waals surface area contributed by atoms with E-state index in [0.29, 0.717) is 17.2 Å². The number of aromatic nitrogens is 1. The molecule has 0 atom stereocenters. The van der Waals surface area contributed by atoms with E-state index in [2.05, 4.69) is 24.1 Å². The van der Waals surface area contributed by atoms with Crippen LogP contribution in [0.1, 0.15) is 50.0 Å². The lowest BCUT2D eigenvalue weighted by atomic mass is 9.75. The van der Waals surface area contributed by atoms with Gasteiger partial charge in [0.15, 0.2) is 0 Å². The number of hydrogen-bond donors (Lipinski definition) is 1. The maximum absolute atomic E-state index is 11.9. The molecule has 0 aliphatic heterocycles. The number of hydrogen-bond acceptors (Lipinski definition) is 2. The molecule has 1 amide bonds. The third-order valence-electron chi connectivity index (χ3n) is 3.57. The molecule has 1 N–H and O–H groups in total. The zero-order valence-corrected chi connectivity index (χ0v) is 10.6. The van der Waals surface area contributed by atoms with Gasteiger partial charge in [-0.3, -0.25) is 9.78 Å². The second-order valence-corrected chi connectivity index (χ2v) is 5.63. The molecule has 1 saturated carbocycles. The highest BCUT2D eigenvalue weighted by atomic mass is 16.1. The number of rotatable bonds is 2. The van der Waals surface area contributed by atoms with Crippen LogP contribution < -0.4 is 5.32 Å². The third-order valence-corrected chi connectivity index (χ3v) is 3.57. The van der Waals surface area contributed by atoms with Gasteiger partial charge in [0.05, 0.1) is 0 Å². The highest BCUT2D eigenvalue weighted by Gasteiger charge is 2.27. The number of carbonyl (C=O) groups is 1. The van der Waals surface area contributed by atoms with E-state index in [-0.39, 0.29) is 5.91 Å². The van der Waals surface area contributed by atoms with Crippen molar-refractivity contribution >= 4 is 5.91 Å². The molecule has 1 aromatic rings. The molecule has 0 saturated heterocycles. The van der Waals surface area contributed by atoms with Crippen molar-refractivity contribution in [1.82, 2.24) is 10.3 Å². The topological polar surface area (TPSA) is 42.0 Å². The summed E-state index contributed by atoms with van der Waals surface area (Å²) >= 11 is 0. The van der Waals surface area contributed by atoms with Gasteiger partial charge in [-0.05, 0) is 43.2 Å². The monoisotopic (exact) mass is 232 g/mol. The Labute approximate surface area is 103 Å². The number of amides is 1. The largest absolute Gasteiger partial charge is 0.348 e. The highest BCUT2D eigenvalue weighted by Crippen LogP contribution is 2.34. The second kappa shape index (κ2) is 4.86. The van der Waals surface area contributed by atoms with Gasteiger partial charge in [-0.15, -0.1) is 0 Å². The maximum atomic E-state index is 11.9. The number of pyridine rings is 1. The number of nitrogens with one attached hydrogen (secondary N) is 1. The predicted octanol–water partition coefficient (Wildman–Crippen LogP) is 2.78. The molecule has 17 heavy (non-hydrogen) atoms. The van der Waals surface area contributed by atoms with Crippen molar-refractivity contribution in [2.75, 3.05) is 0 Å². The third kappa shape index (κ3) is 3.29. The molecule has 0 bridgehead atoms. The molecule has 1 aliphatic rings. The fourth-order valence-electron chi connectivity index (χ4n) is 2.30. The van der Waals surface area contributed by atoms with Gasteiger partial charge < -0.3 is 5.32 Å². The van der Waals surface area contributed by atoms with Crippen LogP contribution in [0.2, 0.25) is 0 Å². The van der Waals surface area contributed by atoms with Crippen LogP contribution in [0.5, 0.6) is 0 Å². The molecular formula is C14H20N2O. The molecule has 3 nitrogen and oxygen atoms in total. The van der Waals surface area contributed by atoms with Gasteiger partial charge in [-0.2, -0.15) is 0 Å². The van der Waals surface area contributed by atoms with E-state index >= 15 is 0 Å². The molecule has 1 aliphatic carbocycles. The predicted molar refractivity (Wildman–Crippen MR) is 67.7 cm³/mol. The van der Waals surface area contributed by atoms with E-state index in [1.165, 1.54) is 12.8 Å². The normalized spacial score (nSPS) is 19.9. The zero-order valence-electron chi connectivity index (χ0n) is 10.6. The first kappa shape index (κ1) is 12.1. The Morgan fingerprint density at radius 3 is 2.65 bits per heavy atom. The first-order valence-electron chi connectivity index (χ1n) is 6.29. The Balaban J connectivity index is 1.89. The summed E-state index contributed by atoms with van der Waals surface area (Å²) in [5.74, 6) is -0.0460. The van der Waals surface area contributed by atoms with Crippen LogP contribution >= 0.6 is 0 Å². The van der Waals surface area contributed by atoms with Gasteiger partial charge in [0.2, 0.25) is 0 Å². The summed E-state index contributed by atoms with van der Waals surface area (Å²) in [5.41, 5.74) is 0.948. The van der Waals surface area contributed by atoms with Gasteiger partial charge in [0, 0.05) is 12.2 Å².